The Morgan fingerprint density at radius 1 is 1.12 bits per heavy atom. The highest BCUT2D eigenvalue weighted by atomic mass is 79.9. The third-order valence-corrected chi connectivity index (χ3v) is 2.78. The summed E-state index contributed by atoms with van der Waals surface area (Å²) in [4.78, 5) is 9.00. The number of aliphatic carboxylic acids is 1. The lowest BCUT2D eigenvalue weighted by atomic mass is 10.1. The van der Waals surface area contributed by atoms with E-state index in [4.69, 9.17) is 9.90 Å². The van der Waals surface area contributed by atoms with Gasteiger partial charge in [0.1, 0.15) is 0 Å². The van der Waals surface area contributed by atoms with Crippen molar-refractivity contribution in [1.29, 1.82) is 0 Å². The SMILES string of the molecule is CC(=O)O.Cc1ccc(Br)c2ccccc12. The molecule has 0 atom stereocenters. The quantitative estimate of drug-likeness (QED) is 0.792. The highest BCUT2D eigenvalue weighted by molar-refractivity contribution is 9.10. The van der Waals surface area contributed by atoms with Crippen LogP contribution in [0.3, 0.4) is 0 Å². The lowest BCUT2D eigenvalue weighted by Crippen LogP contribution is -1.78. The first-order valence-electron chi connectivity index (χ1n) is 4.85. The number of carboxylic acid groups (broad SMARTS) is 1. The number of hydrogen-bond donors (Lipinski definition) is 1. The van der Waals surface area contributed by atoms with Gasteiger partial charge in [-0.1, -0.05) is 46.3 Å². The van der Waals surface area contributed by atoms with Crippen LogP contribution in [0.15, 0.2) is 40.9 Å². The van der Waals surface area contributed by atoms with Gasteiger partial charge in [0.15, 0.2) is 0 Å². The van der Waals surface area contributed by atoms with Crippen LogP contribution in [-0.4, -0.2) is 11.1 Å². The van der Waals surface area contributed by atoms with Gasteiger partial charge in [-0.05, 0) is 29.3 Å². The van der Waals surface area contributed by atoms with Crippen molar-refractivity contribution < 1.29 is 9.90 Å². The second-order valence-corrected chi connectivity index (χ2v) is 4.28. The van der Waals surface area contributed by atoms with Gasteiger partial charge in [-0.15, -0.1) is 0 Å². The molecule has 0 aromatic heterocycles. The van der Waals surface area contributed by atoms with Gasteiger partial charge >= 0.3 is 0 Å². The number of rotatable bonds is 0. The molecule has 84 valence electrons. The number of benzene rings is 2. The zero-order valence-electron chi connectivity index (χ0n) is 9.20. The Labute approximate surface area is 103 Å². The summed E-state index contributed by atoms with van der Waals surface area (Å²) in [5.74, 6) is -0.833. The summed E-state index contributed by atoms with van der Waals surface area (Å²) in [6.07, 6.45) is 0. The highest BCUT2D eigenvalue weighted by Gasteiger charge is 1.98. The normalized spacial score (nSPS) is 9.44. The molecule has 16 heavy (non-hydrogen) atoms. The number of aryl methyl sites for hydroxylation is 1. The van der Waals surface area contributed by atoms with Gasteiger partial charge in [-0.3, -0.25) is 4.79 Å². The number of carbonyl (C=O) groups is 1. The molecule has 0 spiro atoms. The number of hydrogen-bond acceptors (Lipinski definition) is 1. The molecule has 0 saturated carbocycles. The van der Waals surface area contributed by atoms with Gasteiger partial charge in [0.05, 0.1) is 0 Å². The molecular formula is C13H13BrO2. The topological polar surface area (TPSA) is 37.3 Å². The average molecular weight is 281 g/mol. The van der Waals surface area contributed by atoms with Crippen LogP contribution in [0.25, 0.3) is 10.8 Å². The summed E-state index contributed by atoms with van der Waals surface area (Å²) in [5, 5.41) is 10.0. The van der Waals surface area contributed by atoms with Gasteiger partial charge < -0.3 is 5.11 Å². The van der Waals surface area contributed by atoms with Crippen LogP contribution in [0.1, 0.15) is 12.5 Å². The van der Waals surface area contributed by atoms with E-state index in [0.717, 1.165) is 6.92 Å². The summed E-state index contributed by atoms with van der Waals surface area (Å²) in [6, 6.07) is 12.6. The van der Waals surface area contributed by atoms with E-state index >= 15 is 0 Å². The van der Waals surface area contributed by atoms with Gasteiger partial charge in [0.2, 0.25) is 0 Å². The maximum atomic E-state index is 9.00. The Morgan fingerprint density at radius 2 is 1.62 bits per heavy atom. The smallest absolute Gasteiger partial charge is 0.300 e. The van der Waals surface area contributed by atoms with Gasteiger partial charge in [0.25, 0.3) is 5.97 Å². The first-order valence-corrected chi connectivity index (χ1v) is 5.65. The fourth-order valence-corrected chi connectivity index (χ4v) is 1.89. The molecule has 2 aromatic rings. The lowest BCUT2D eigenvalue weighted by Gasteiger charge is -2.02. The molecule has 0 radical (unpaired) electrons. The molecule has 0 bridgehead atoms. The van der Waals surface area contributed by atoms with E-state index in [0.29, 0.717) is 0 Å². The standard InChI is InChI=1S/C11H9Br.C2H4O2/c1-8-6-7-11(12)10-5-3-2-4-9(8)10;1-2(3)4/h2-7H,1H3;1H3,(H,3,4). The van der Waals surface area contributed by atoms with Crippen LogP contribution < -0.4 is 0 Å². The van der Waals surface area contributed by atoms with E-state index in [-0.39, 0.29) is 0 Å². The van der Waals surface area contributed by atoms with Crippen molar-refractivity contribution in [2.24, 2.45) is 0 Å². The van der Waals surface area contributed by atoms with Crippen molar-refractivity contribution >= 4 is 32.7 Å². The molecule has 0 amide bonds. The van der Waals surface area contributed by atoms with Gasteiger partial charge in [-0.2, -0.15) is 0 Å². The maximum absolute atomic E-state index is 9.00. The number of halogens is 1. The Kier molecular flexibility index (Phi) is 4.50. The van der Waals surface area contributed by atoms with Crippen molar-refractivity contribution in [3.05, 3.63) is 46.4 Å². The third-order valence-electron chi connectivity index (χ3n) is 2.09. The van der Waals surface area contributed by atoms with Crippen LogP contribution in [0.2, 0.25) is 0 Å². The molecule has 0 saturated heterocycles. The minimum absolute atomic E-state index is 0.833. The van der Waals surface area contributed by atoms with Crippen molar-refractivity contribution in [2.45, 2.75) is 13.8 Å². The molecule has 2 rings (SSSR count). The third kappa shape index (κ3) is 3.35. The molecule has 0 unspecified atom stereocenters. The first kappa shape index (κ1) is 12.7. The molecular weight excluding hydrogens is 268 g/mol. The summed E-state index contributed by atoms with van der Waals surface area (Å²) in [5.41, 5.74) is 1.33. The summed E-state index contributed by atoms with van der Waals surface area (Å²) >= 11 is 3.53. The maximum Gasteiger partial charge on any atom is 0.300 e. The molecule has 0 aliphatic heterocycles. The number of carboxylic acids is 1. The van der Waals surface area contributed by atoms with Gasteiger partial charge in [0, 0.05) is 11.4 Å². The van der Waals surface area contributed by atoms with Crippen molar-refractivity contribution in [1.82, 2.24) is 0 Å². The highest BCUT2D eigenvalue weighted by Crippen LogP contribution is 2.25. The average Bonchev–Trinajstić information content (AvgIpc) is 2.23. The van der Waals surface area contributed by atoms with Crippen molar-refractivity contribution in [3.8, 4) is 0 Å². The predicted molar refractivity (Wildman–Crippen MR) is 69.7 cm³/mol. The largest absolute Gasteiger partial charge is 0.481 e. The Hall–Kier alpha value is -1.35. The molecule has 0 aliphatic carbocycles. The Balaban J connectivity index is 0.000000280. The molecule has 3 heteroatoms. The fourth-order valence-electron chi connectivity index (χ4n) is 1.41. The summed E-state index contributed by atoms with van der Waals surface area (Å²) in [6.45, 7) is 3.22. The lowest BCUT2D eigenvalue weighted by molar-refractivity contribution is -0.134. The van der Waals surface area contributed by atoms with Crippen LogP contribution >= 0.6 is 15.9 Å². The minimum atomic E-state index is -0.833. The van der Waals surface area contributed by atoms with E-state index in [1.54, 1.807) is 0 Å². The molecule has 0 fully saturated rings. The molecule has 2 aromatic carbocycles. The van der Waals surface area contributed by atoms with E-state index in [9.17, 15) is 0 Å². The zero-order valence-corrected chi connectivity index (χ0v) is 10.8. The summed E-state index contributed by atoms with van der Waals surface area (Å²) in [7, 11) is 0. The van der Waals surface area contributed by atoms with Crippen LogP contribution in [-0.2, 0) is 4.79 Å². The fraction of sp³-hybridized carbons (Fsp3) is 0.154. The summed E-state index contributed by atoms with van der Waals surface area (Å²) < 4.78 is 1.17. The minimum Gasteiger partial charge on any atom is -0.481 e. The second kappa shape index (κ2) is 5.66. The number of fused-ring (bicyclic) bond motifs is 1. The Bertz CT molecular complexity index is 462. The second-order valence-electron chi connectivity index (χ2n) is 3.43. The van der Waals surface area contributed by atoms with E-state index in [2.05, 4.69) is 59.3 Å². The molecule has 0 heterocycles. The van der Waals surface area contributed by atoms with E-state index in [1.165, 1.54) is 20.8 Å². The molecule has 1 N–H and O–H groups in total. The van der Waals surface area contributed by atoms with Crippen LogP contribution in [0.4, 0.5) is 0 Å². The molecule has 2 nitrogen and oxygen atoms in total. The van der Waals surface area contributed by atoms with Crippen molar-refractivity contribution in [2.75, 3.05) is 0 Å². The van der Waals surface area contributed by atoms with E-state index in [1.807, 2.05) is 0 Å². The monoisotopic (exact) mass is 280 g/mol. The first-order chi connectivity index (χ1) is 7.52. The van der Waals surface area contributed by atoms with Crippen LogP contribution in [0, 0.1) is 6.92 Å². The Morgan fingerprint density at radius 3 is 2.12 bits per heavy atom. The predicted octanol–water partition coefficient (Wildman–Crippen LogP) is 4.00. The zero-order chi connectivity index (χ0) is 12.1. The van der Waals surface area contributed by atoms with E-state index < -0.39 is 5.97 Å². The van der Waals surface area contributed by atoms with Crippen molar-refractivity contribution in [3.63, 3.8) is 0 Å². The van der Waals surface area contributed by atoms with Crippen LogP contribution in [0.5, 0.6) is 0 Å². The van der Waals surface area contributed by atoms with Gasteiger partial charge in [-0.25, -0.2) is 0 Å². The molecule has 0 aliphatic rings.